The highest BCUT2D eigenvalue weighted by Gasteiger charge is 2.20. The molecule has 1 aromatic carbocycles. The van der Waals surface area contributed by atoms with Gasteiger partial charge in [-0.25, -0.2) is 8.78 Å². The van der Waals surface area contributed by atoms with E-state index in [1.54, 1.807) is 0 Å². The minimum atomic E-state index is -0.940. The van der Waals surface area contributed by atoms with Gasteiger partial charge in [0.05, 0.1) is 17.1 Å². The second-order valence-electron chi connectivity index (χ2n) is 5.01. The average Bonchev–Trinajstić information content (AvgIpc) is 2.91. The predicted molar refractivity (Wildman–Crippen MR) is 71.8 cm³/mol. The summed E-state index contributed by atoms with van der Waals surface area (Å²) >= 11 is 0. The van der Waals surface area contributed by atoms with Crippen LogP contribution in [-0.4, -0.2) is 35.5 Å². The van der Waals surface area contributed by atoms with E-state index in [9.17, 15) is 18.9 Å². The molecule has 1 unspecified atom stereocenters. The molecule has 0 bridgehead atoms. The predicted octanol–water partition coefficient (Wildman–Crippen LogP) is 2.77. The first-order valence-corrected chi connectivity index (χ1v) is 6.60. The smallest absolute Gasteiger partial charge is 0.275 e. The molecule has 110 valence electrons. The van der Waals surface area contributed by atoms with Crippen molar-refractivity contribution in [3.05, 3.63) is 33.9 Å². The Labute approximate surface area is 115 Å². The van der Waals surface area contributed by atoms with Crippen LogP contribution in [0.2, 0.25) is 0 Å². The van der Waals surface area contributed by atoms with E-state index in [1.807, 2.05) is 6.92 Å². The zero-order valence-corrected chi connectivity index (χ0v) is 11.2. The molecule has 0 amide bonds. The number of benzene rings is 1. The highest BCUT2D eigenvalue weighted by atomic mass is 19.1. The number of nitrogens with zero attached hydrogens (tertiary/aromatic N) is 2. The second kappa shape index (κ2) is 6.13. The molecule has 0 spiro atoms. The van der Waals surface area contributed by atoms with Crippen molar-refractivity contribution in [1.82, 2.24) is 4.90 Å². The van der Waals surface area contributed by atoms with Crippen molar-refractivity contribution in [2.75, 3.05) is 25.0 Å². The number of non-ortho nitro benzene ring substituents is 1. The van der Waals surface area contributed by atoms with Crippen molar-refractivity contribution >= 4 is 11.4 Å². The van der Waals surface area contributed by atoms with Gasteiger partial charge in [-0.15, -0.1) is 0 Å². The summed E-state index contributed by atoms with van der Waals surface area (Å²) in [6, 6.07) is 1.62. The van der Waals surface area contributed by atoms with Crippen LogP contribution in [0, 0.1) is 21.7 Å². The fourth-order valence-electron chi connectivity index (χ4n) is 2.40. The molecular weight excluding hydrogens is 268 g/mol. The molecule has 1 aromatic rings. The van der Waals surface area contributed by atoms with E-state index in [0.29, 0.717) is 6.54 Å². The van der Waals surface area contributed by atoms with Crippen LogP contribution >= 0.6 is 0 Å². The monoisotopic (exact) mass is 285 g/mol. The third-order valence-corrected chi connectivity index (χ3v) is 3.58. The van der Waals surface area contributed by atoms with E-state index in [4.69, 9.17) is 0 Å². The summed E-state index contributed by atoms with van der Waals surface area (Å²) in [5, 5.41) is 13.2. The summed E-state index contributed by atoms with van der Waals surface area (Å²) in [5.74, 6) is -1.88. The lowest BCUT2D eigenvalue weighted by Gasteiger charge is -2.24. The second-order valence-corrected chi connectivity index (χ2v) is 5.01. The van der Waals surface area contributed by atoms with Gasteiger partial charge < -0.3 is 5.32 Å². The molecule has 1 aliphatic rings. The molecule has 1 N–H and O–H groups in total. The molecule has 1 heterocycles. The molecule has 2 rings (SSSR count). The van der Waals surface area contributed by atoms with Crippen molar-refractivity contribution in [3.8, 4) is 0 Å². The van der Waals surface area contributed by atoms with Gasteiger partial charge >= 0.3 is 0 Å². The molecule has 5 nitrogen and oxygen atoms in total. The Bertz CT molecular complexity index is 481. The largest absolute Gasteiger partial charge is 0.379 e. The van der Waals surface area contributed by atoms with Crippen LogP contribution in [0.15, 0.2) is 12.1 Å². The van der Waals surface area contributed by atoms with Crippen LogP contribution in [-0.2, 0) is 0 Å². The number of hydrogen-bond donors (Lipinski definition) is 1. The maximum Gasteiger partial charge on any atom is 0.275 e. The minimum absolute atomic E-state index is 0.159. The fourth-order valence-corrected chi connectivity index (χ4v) is 2.40. The first kappa shape index (κ1) is 14.6. The third-order valence-electron chi connectivity index (χ3n) is 3.58. The van der Waals surface area contributed by atoms with Crippen LogP contribution in [0.5, 0.6) is 0 Å². The van der Waals surface area contributed by atoms with Gasteiger partial charge in [0.15, 0.2) is 11.6 Å². The highest BCUT2D eigenvalue weighted by molar-refractivity contribution is 5.51. The summed E-state index contributed by atoms with van der Waals surface area (Å²) in [6.45, 7) is 4.37. The molecular formula is C13H17F2N3O2. The lowest BCUT2D eigenvalue weighted by atomic mass is 10.2. The van der Waals surface area contributed by atoms with Gasteiger partial charge in [0, 0.05) is 12.6 Å². The number of nitro groups is 1. The molecule has 20 heavy (non-hydrogen) atoms. The summed E-state index contributed by atoms with van der Waals surface area (Å²) in [7, 11) is 0. The van der Waals surface area contributed by atoms with Crippen molar-refractivity contribution in [3.63, 3.8) is 0 Å². The normalized spacial score (nSPS) is 17.1. The zero-order valence-electron chi connectivity index (χ0n) is 11.2. The van der Waals surface area contributed by atoms with E-state index < -0.39 is 22.2 Å². The van der Waals surface area contributed by atoms with Gasteiger partial charge in [-0.2, -0.15) is 0 Å². The Hall–Kier alpha value is -1.76. The first-order valence-electron chi connectivity index (χ1n) is 6.60. The van der Waals surface area contributed by atoms with Gasteiger partial charge in [0.1, 0.15) is 5.69 Å². The molecule has 0 aromatic heterocycles. The Kier molecular flexibility index (Phi) is 4.49. The number of nitro benzene ring substituents is 1. The SMILES string of the molecule is CC(CNc1c(F)cc([N+](=O)[O-])cc1F)N1CCCC1. The molecule has 7 heteroatoms. The van der Waals surface area contributed by atoms with Gasteiger partial charge in [-0.1, -0.05) is 0 Å². The number of halogens is 2. The molecule has 1 aliphatic heterocycles. The van der Waals surface area contributed by atoms with Crippen LogP contribution in [0.3, 0.4) is 0 Å². The fraction of sp³-hybridized carbons (Fsp3) is 0.538. The number of nitrogens with one attached hydrogen (secondary N) is 1. The van der Waals surface area contributed by atoms with E-state index in [2.05, 4.69) is 10.2 Å². The summed E-state index contributed by atoms with van der Waals surface area (Å²) in [4.78, 5) is 11.9. The Balaban J connectivity index is 2.03. The van der Waals surface area contributed by atoms with Gasteiger partial charge in [-0.05, 0) is 32.9 Å². The molecule has 1 saturated heterocycles. The van der Waals surface area contributed by atoms with Crippen molar-refractivity contribution in [2.45, 2.75) is 25.8 Å². The quantitative estimate of drug-likeness (QED) is 0.667. The minimum Gasteiger partial charge on any atom is -0.379 e. The van der Waals surface area contributed by atoms with E-state index >= 15 is 0 Å². The Morgan fingerprint density at radius 3 is 2.40 bits per heavy atom. The van der Waals surface area contributed by atoms with E-state index in [1.165, 1.54) is 0 Å². The van der Waals surface area contributed by atoms with Gasteiger partial charge in [0.2, 0.25) is 0 Å². The van der Waals surface area contributed by atoms with Gasteiger partial charge in [-0.3, -0.25) is 15.0 Å². The molecule has 1 atom stereocenters. The number of anilines is 1. The average molecular weight is 285 g/mol. The number of likely N-dealkylation sites (tertiary alicyclic amines) is 1. The molecule has 1 fully saturated rings. The maximum absolute atomic E-state index is 13.7. The van der Waals surface area contributed by atoms with Crippen LogP contribution < -0.4 is 5.32 Å². The topological polar surface area (TPSA) is 58.4 Å². The summed E-state index contributed by atoms with van der Waals surface area (Å²) < 4.78 is 27.4. The Morgan fingerprint density at radius 1 is 1.35 bits per heavy atom. The van der Waals surface area contributed by atoms with Gasteiger partial charge in [0.25, 0.3) is 5.69 Å². The number of hydrogen-bond acceptors (Lipinski definition) is 4. The van der Waals surface area contributed by atoms with Crippen LogP contribution in [0.25, 0.3) is 0 Å². The zero-order chi connectivity index (χ0) is 14.7. The maximum atomic E-state index is 13.7. The molecule has 0 radical (unpaired) electrons. The first-order chi connectivity index (χ1) is 9.49. The van der Waals surface area contributed by atoms with Crippen LogP contribution in [0.1, 0.15) is 19.8 Å². The van der Waals surface area contributed by atoms with E-state index in [0.717, 1.165) is 38.1 Å². The van der Waals surface area contributed by atoms with Crippen LogP contribution in [0.4, 0.5) is 20.2 Å². The van der Waals surface area contributed by atoms with Crippen molar-refractivity contribution < 1.29 is 13.7 Å². The van der Waals surface area contributed by atoms with Crippen molar-refractivity contribution in [2.24, 2.45) is 0 Å². The molecule has 0 saturated carbocycles. The van der Waals surface area contributed by atoms with E-state index in [-0.39, 0.29) is 11.7 Å². The standard InChI is InChI=1S/C13H17F2N3O2/c1-9(17-4-2-3-5-17)8-16-13-11(14)6-10(18(19)20)7-12(13)15/h6-7,9,16H,2-5,8H2,1H3. The Morgan fingerprint density at radius 2 is 1.90 bits per heavy atom. The lowest BCUT2D eigenvalue weighted by molar-refractivity contribution is -0.385. The highest BCUT2D eigenvalue weighted by Crippen LogP contribution is 2.25. The summed E-state index contributed by atoms with van der Waals surface area (Å²) in [5.41, 5.74) is -0.889. The summed E-state index contributed by atoms with van der Waals surface area (Å²) in [6.07, 6.45) is 2.29. The third kappa shape index (κ3) is 3.22. The lowest BCUT2D eigenvalue weighted by Crippen LogP contribution is -2.35. The number of rotatable bonds is 5. The molecule has 0 aliphatic carbocycles. The van der Waals surface area contributed by atoms with Crippen molar-refractivity contribution in [1.29, 1.82) is 0 Å².